The van der Waals surface area contributed by atoms with Gasteiger partial charge in [0.2, 0.25) is 0 Å². The van der Waals surface area contributed by atoms with Crippen LogP contribution in [0.25, 0.3) is 0 Å². The normalized spacial score (nSPS) is 17.6. The van der Waals surface area contributed by atoms with Crippen LogP contribution in [-0.2, 0) is 0 Å². The lowest BCUT2D eigenvalue weighted by atomic mass is 10.1. The number of allylic oxidation sites excluding steroid dienone is 1. The minimum Gasteiger partial charge on any atom is -0.241 e. The van der Waals surface area contributed by atoms with Crippen LogP contribution < -0.4 is 0 Å². The van der Waals surface area contributed by atoms with Gasteiger partial charge in [-0.3, -0.25) is 0 Å². The van der Waals surface area contributed by atoms with Crippen LogP contribution in [0.15, 0.2) is 11.8 Å². The molecular formula is C6H10ClF3Si. The maximum atomic E-state index is 12.5. The molecule has 0 aliphatic carbocycles. The van der Waals surface area contributed by atoms with E-state index in [9.17, 15) is 13.2 Å². The van der Waals surface area contributed by atoms with E-state index in [4.69, 9.17) is 11.1 Å². The van der Waals surface area contributed by atoms with Gasteiger partial charge in [-0.25, -0.2) is 13.2 Å². The molecule has 0 aromatic carbocycles. The van der Waals surface area contributed by atoms with Crippen molar-refractivity contribution in [2.75, 3.05) is 0 Å². The lowest BCUT2D eigenvalue weighted by Gasteiger charge is -2.16. The lowest BCUT2D eigenvalue weighted by molar-refractivity contribution is 0.0304. The van der Waals surface area contributed by atoms with E-state index in [0.29, 0.717) is 5.20 Å². The highest BCUT2D eigenvalue weighted by Crippen LogP contribution is 2.21. The largest absolute Gasteiger partial charge is 0.269 e. The van der Waals surface area contributed by atoms with Crippen molar-refractivity contribution in [2.45, 2.75) is 19.5 Å². The van der Waals surface area contributed by atoms with Gasteiger partial charge in [0.15, 0.2) is 15.0 Å². The Morgan fingerprint density at radius 3 is 2.18 bits per heavy atom. The molecule has 0 rings (SSSR count). The molecule has 0 N–H and O–H groups in total. The molecule has 2 atom stereocenters. The quantitative estimate of drug-likeness (QED) is 0.484. The van der Waals surface area contributed by atoms with Crippen molar-refractivity contribution >= 4 is 19.9 Å². The fourth-order valence-electron chi connectivity index (χ4n) is 0.565. The van der Waals surface area contributed by atoms with Gasteiger partial charge in [-0.05, 0) is 0 Å². The van der Waals surface area contributed by atoms with Crippen molar-refractivity contribution in [3.63, 3.8) is 0 Å². The highest BCUT2D eigenvalue weighted by Gasteiger charge is 2.27. The van der Waals surface area contributed by atoms with E-state index in [2.05, 4.69) is 6.58 Å². The number of hydrogen-bond donors (Lipinski definition) is 0. The highest BCUT2D eigenvalue weighted by atomic mass is 35.6. The number of halogens is 4. The van der Waals surface area contributed by atoms with Crippen LogP contribution in [0.3, 0.4) is 0 Å². The van der Waals surface area contributed by atoms with E-state index in [1.807, 2.05) is 0 Å². The smallest absolute Gasteiger partial charge is 0.241 e. The van der Waals surface area contributed by atoms with Crippen LogP contribution in [-0.4, -0.2) is 21.4 Å². The summed E-state index contributed by atoms with van der Waals surface area (Å²) < 4.78 is 36.0. The van der Waals surface area contributed by atoms with Crippen molar-refractivity contribution in [2.24, 2.45) is 5.92 Å². The van der Waals surface area contributed by atoms with E-state index >= 15 is 0 Å². The second-order valence-electron chi connectivity index (χ2n) is 2.36. The number of alkyl halides is 3. The first-order chi connectivity index (χ1) is 5.00. The van der Waals surface area contributed by atoms with E-state index < -0.39 is 27.3 Å². The minimum atomic E-state index is -2.93. The zero-order valence-electron chi connectivity index (χ0n) is 6.16. The molecule has 5 heteroatoms. The second kappa shape index (κ2) is 4.82. The van der Waals surface area contributed by atoms with Crippen molar-refractivity contribution in [3.05, 3.63) is 11.8 Å². The molecule has 0 radical (unpaired) electrons. The summed E-state index contributed by atoms with van der Waals surface area (Å²) in [5.41, 5.74) is 0. The molecule has 0 aromatic heterocycles. The topological polar surface area (TPSA) is 0 Å². The van der Waals surface area contributed by atoms with E-state index in [1.165, 1.54) is 6.92 Å². The Morgan fingerprint density at radius 2 is 1.91 bits per heavy atom. The molecule has 0 heterocycles. The first-order valence-corrected chi connectivity index (χ1v) is 6.01. The van der Waals surface area contributed by atoms with Crippen LogP contribution in [0.4, 0.5) is 13.2 Å². The fraction of sp³-hybridized carbons (Fsp3) is 0.667. The Hall–Kier alpha value is 0.0369. The van der Waals surface area contributed by atoms with Crippen LogP contribution in [0, 0.1) is 5.92 Å². The van der Waals surface area contributed by atoms with Crippen molar-refractivity contribution in [1.29, 1.82) is 0 Å². The average Bonchev–Trinajstić information content (AvgIpc) is 2.00. The highest BCUT2D eigenvalue weighted by molar-refractivity contribution is 6.97. The molecule has 0 fully saturated rings. The zero-order chi connectivity index (χ0) is 9.02. The predicted molar refractivity (Wildman–Crippen MR) is 43.6 cm³/mol. The summed E-state index contributed by atoms with van der Waals surface area (Å²) in [7, 11) is -1.08. The first-order valence-electron chi connectivity index (χ1n) is 3.16. The summed E-state index contributed by atoms with van der Waals surface area (Å²) in [6.07, 6.45) is -5.05. The van der Waals surface area contributed by atoms with Gasteiger partial charge in [-0.2, -0.15) is 11.1 Å². The zero-order valence-corrected chi connectivity index (χ0v) is 8.33. The van der Waals surface area contributed by atoms with E-state index in [0.717, 1.165) is 0 Å². The standard InChI is InChI=1S/C6H10ClF3Si/c1-3(4(2)11-7)5(8)6(9)10/h3,5-6H,2,11H2,1H3. The van der Waals surface area contributed by atoms with E-state index in [-0.39, 0.29) is 0 Å². The van der Waals surface area contributed by atoms with Gasteiger partial charge in [0, 0.05) is 5.92 Å². The monoisotopic (exact) mass is 202 g/mol. The third-order valence-electron chi connectivity index (χ3n) is 1.53. The Labute approximate surface area is 71.0 Å². The molecule has 0 aliphatic heterocycles. The van der Waals surface area contributed by atoms with Gasteiger partial charge in [0.1, 0.15) is 0 Å². The summed E-state index contributed by atoms with van der Waals surface area (Å²) in [6, 6.07) is 0. The van der Waals surface area contributed by atoms with Gasteiger partial charge in [0.25, 0.3) is 6.43 Å². The maximum absolute atomic E-state index is 12.5. The first kappa shape index (κ1) is 11.0. The van der Waals surface area contributed by atoms with Crippen molar-refractivity contribution < 1.29 is 13.2 Å². The third-order valence-corrected chi connectivity index (χ3v) is 3.55. The average molecular weight is 203 g/mol. The molecule has 66 valence electrons. The maximum Gasteiger partial charge on any atom is 0.269 e. The van der Waals surface area contributed by atoms with E-state index in [1.54, 1.807) is 0 Å². The van der Waals surface area contributed by atoms with Gasteiger partial charge in [0.05, 0.1) is 0 Å². The SMILES string of the molecule is C=C([SiH2]Cl)C(C)C(F)C(F)F. The van der Waals surface area contributed by atoms with Crippen molar-refractivity contribution in [1.82, 2.24) is 0 Å². The fourth-order valence-corrected chi connectivity index (χ4v) is 1.76. The second-order valence-corrected chi connectivity index (χ2v) is 4.34. The molecular weight excluding hydrogens is 193 g/mol. The van der Waals surface area contributed by atoms with Gasteiger partial charge < -0.3 is 0 Å². The minimum absolute atomic E-state index is 0.444. The Kier molecular flexibility index (Phi) is 4.84. The van der Waals surface area contributed by atoms with Crippen LogP contribution in [0.2, 0.25) is 0 Å². The molecule has 0 spiro atoms. The van der Waals surface area contributed by atoms with Crippen LogP contribution in [0.1, 0.15) is 6.92 Å². The molecule has 0 nitrogen and oxygen atoms in total. The Morgan fingerprint density at radius 1 is 1.45 bits per heavy atom. The molecule has 0 bridgehead atoms. The summed E-state index contributed by atoms with van der Waals surface area (Å²) >= 11 is 5.42. The summed E-state index contributed by atoms with van der Waals surface area (Å²) in [5.74, 6) is -0.806. The molecule has 0 aliphatic rings. The molecule has 2 unspecified atom stereocenters. The third kappa shape index (κ3) is 3.29. The number of rotatable bonds is 4. The Bertz CT molecular complexity index is 140. The summed E-state index contributed by atoms with van der Waals surface area (Å²) in [5, 5.41) is 0.444. The summed E-state index contributed by atoms with van der Waals surface area (Å²) in [6.45, 7) is 4.82. The van der Waals surface area contributed by atoms with Crippen LogP contribution >= 0.6 is 11.1 Å². The predicted octanol–water partition coefficient (Wildman–Crippen LogP) is 2.06. The Balaban J connectivity index is 4.01. The number of hydrogen-bond acceptors (Lipinski definition) is 0. The van der Waals surface area contributed by atoms with Crippen molar-refractivity contribution in [3.8, 4) is 0 Å². The molecule has 0 amide bonds. The van der Waals surface area contributed by atoms with Gasteiger partial charge in [-0.15, -0.1) is 6.58 Å². The van der Waals surface area contributed by atoms with Gasteiger partial charge in [-0.1, -0.05) is 12.1 Å². The molecule has 0 saturated heterocycles. The lowest BCUT2D eigenvalue weighted by Crippen LogP contribution is -2.23. The van der Waals surface area contributed by atoms with Gasteiger partial charge >= 0.3 is 0 Å². The molecule has 11 heavy (non-hydrogen) atoms. The summed E-state index contributed by atoms with van der Waals surface area (Å²) in [4.78, 5) is 0. The van der Waals surface area contributed by atoms with Crippen LogP contribution in [0.5, 0.6) is 0 Å². The molecule has 0 saturated carbocycles. The molecule has 0 aromatic rings.